The van der Waals surface area contributed by atoms with E-state index in [4.69, 9.17) is 20.1 Å². The van der Waals surface area contributed by atoms with E-state index in [-0.39, 0.29) is 0 Å². The van der Waals surface area contributed by atoms with Gasteiger partial charge in [0.2, 0.25) is 0 Å². The van der Waals surface area contributed by atoms with Gasteiger partial charge in [-0.3, -0.25) is 4.57 Å². The lowest BCUT2D eigenvalue weighted by Gasteiger charge is -2.13. The minimum atomic E-state index is -2.83. The lowest BCUT2D eigenvalue weighted by Crippen LogP contribution is -2.07. The molecule has 16 heavy (non-hydrogen) atoms. The lowest BCUT2D eigenvalue weighted by atomic mass is 10.4. The van der Waals surface area contributed by atoms with Crippen LogP contribution in [0, 0.1) is 0 Å². The van der Waals surface area contributed by atoms with E-state index in [0.717, 1.165) is 0 Å². The second-order valence-electron chi connectivity index (χ2n) is 2.62. The summed E-state index contributed by atoms with van der Waals surface area (Å²) in [5.74, 6) is 0. The zero-order chi connectivity index (χ0) is 12.4. The molecule has 0 N–H and O–H groups in total. The molecule has 2 atom stereocenters. The Kier molecular flexibility index (Phi) is 8.34. The first-order valence-corrected chi connectivity index (χ1v) is 5.86. The summed E-state index contributed by atoms with van der Waals surface area (Å²) in [5, 5.41) is 6.52. The smallest absolute Gasteiger partial charge is 0.301 e. The molecule has 0 aliphatic rings. The monoisotopic (exact) mass is 248 g/mol. The molecule has 9 nitrogen and oxygen atoms in total. The van der Waals surface area contributed by atoms with Gasteiger partial charge in [-0.1, -0.05) is 24.1 Å². The fourth-order valence-electron chi connectivity index (χ4n) is 0.742. The van der Waals surface area contributed by atoms with E-state index < -0.39 is 20.7 Å². The third-order valence-electron chi connectivity index (χ3n) is 1.52. The molecule has 0 aromatic carbocycles. The van der Waals surface area contributed by atoms with E-state index >= 15 is 0 Å². The first-order valence-electron chi connectivity index (χ1n) is 4.63. The zero-order valence-electron chi connectivity index (χ0n) is 8.98. The fraction of sp³-hybridized carbons (Fsp3) is 1.00. The van der Waals surface area contributed by atoms with Crippen LogP contribution in [0.25, 0.3) is 20.9 Å². The average Bonchev–Trinajstić information content (AvgIpc) is 2.27. The number of rotatable bonds is 8. The maximum absolute atomic E-state index is 11.3. The van der Waals surface area contributed by atoms with Crippen molar-refractivity contribution in [1.29, 1.82) is 0 Å². The normalized spacial score (nSPS) is 15.4. The van der Waals surface area contributed by atoms with Crippen molar-refractivity contribution in [2.24, 2.45) is 10.2 Å². The molecule has 0 amide bonds. The van der Waals surface area contributed by atoms with Gasteiger partial charge in [0.05, 0.1) is 0 Å². The highest BCUT2D eigenvalue weighted by molar-refractivity contribution is 7.33. The van der Waals surface area contributed by atoms with Gasteiger partial charge in [-0.25, -0.2) is 0 Å². The lowest BCUT2D eigenvalue weighted by molar-refractivity contribution is 0.131. The van der Waals surface area contributed by atoms with Crippen molar-refractivity contribution < 1.29 is 13.6 Å². The first kappa shape index (κ1) is 14.8. The van der Waals surface area contributed by atoms with Crippen LogP contribution in [0.2, 0.25) is 0 Å². The van der Waals surface area contributed by atoms with Crippen molar-refractivity contribution in [2.75, 3.05) is 0 Å². The van der Waals surface area contributed by atoms with E-state index in [9.17, 15) is 4.57 Å². The maximum Gasteiger partial charge on any atom is 0.319 e. The van der Waals surface area contributed by atoms with E-state index in [1.165, 1.54) is 0 Å². The van der Waals surface area contributed by atoms with Crippen molar-refractivity contribution in [3.63, 3.8) is 0 Å². The molecular weight excluding hydrogens is 235 g/mol. The molecule has 0 aromatic rings. The van der Waals surface area contributed by atoms with Crippen LogP contribution in [-0.4, -0.2) is 12.5 Å². The Bertz CT molecular complexity index is 294. The molecule has 0 fully saturated rings. The van der Waals surface area contributed by atoms with Crippen LogP contribution in [0.3, 0.4) is 0 Å². The van der Waals surface area contributed by atoms with Crippen LogP contribution in [-0.2, 0) is 13.6 Å². The number of nitrogens with zero attached hydrogens (tertiary/aromatic N) is 6. The Hall–Kier alpha value is -1.23. The molecule has 0 aromatic heterocycles. The van der Waals surface area contributed by atoms with Crippen LogP contribution in [0.1, 0.15) is 26.7 Å². The Morgan fingerprint density at radius 2 is 1.50 bits per heavy atom. The molecule has 90 valence electrons. The van der Waals surface area contributed by atoms with Gasteiger partial charge < -0.3 is 9.05 Å². The Labute approximate surface area is 92.9 Å². The van der Waals surface area contributed by atoms with Crippen LogP contribution >= 0.6 is 8.25 Å². The molecule has 0 bridgehead atoms. The third-order valence-corrected chi connectivity index (χ3v) is 2.45. The molecule has 0 spiro atoms. The number of hydrogen-bond donors (Lipinski definition) is 0. The van der Waals surface area contributed by atoms with Gasteiger partial charge in [-0.2, -0.15) is 0 Å². The van der Waals surface area contributed by atoms with Gasteiger partial charge in [0, 0.05) is 9.82 Å². The maximum atomic E-state index is 11.3. The summed E-state index contributed by atoms with van der Waals surface area (Å²) in [6.45, 7) is 3.42. The second kappa shape index (κ2) is 9.03. The van der Waals surface area contributed by atoms with Gasteiger partial charge in [0.15, 0.2) is 0 Å². The van der Waals surface area contributed by atoms with Crippen molar-refractivity contribution in [1.82, 2.24) is 0 Å². The summed E-state index contributed by atoms with van der Waals surface area (Å²) in [7, 11) is -2.83. The predicted octanol–water partition coefficient (Wildman–Crippen LogP) is 3.50. The highest BCUT2D eigenvalue weighted by Gasteiger charge is 2.13. The average molecular weight is 248 g/mol. The van der Waals surface area contributed by atoms with E-state index in [2.05, 4.69) is 20.1 Å². The SMILES string of the molecule is CCC(N=[N+]=[N-])O[PH](=O)OC(CC)N=[N+]=[N-]. The quantitative estimate of drug-likeness (QED) is 0.281. The molecule has 0 rings (SSSR count). The predicted molar refractivity (Wildman–Crippen MR) is 57.6 cm³/mol. The van der Waals surface area contributed by atoms with Gasteiger partial charge in [-0.15, -0.1) is 0 Å². The molecule has 0 aliphatic carbocycles. The second-order valence-corrected chi connectivity index (χ2v) is 3.59. The van der Waals surface area contributed by atoms with Gasteiger partial charge in [0.25, 0.3) is 0 Å². The molecule has 0 saturated carbocycles. The highest BCUT2D eigenvalue weighted by Crippen LogP contribution is 2.30. The highest BCUT2D eigenvalue weighted by atomic mass is 31.1. The van der Waals surface area contributed by atoms with Crippen LogP contribution in [0.4, 0.5) is 0 Å². The molecule has 2 unspecified atom stereocenters. The van der Waals surface area contributed by atoms with Crippen LogP contribution in [0.15, 0.2) is 10.2 Å². The van der Waals surface area contributed by atoms with Crippen molar-refractivity contribution in [2.45, 2.75) is 39.1 Å². The fourth-order valence-corrected chi connectivity index (χ4v) is 1.67. The summed E-state index contributed by atoms with van der Waals surface area (Å²) in [6.07, 6.45) is -0.913. The third kappa shape index (κ3) is 6.29. The summed E-state index contributed by atoms with van der Waals surface area (Å²) in [5.41, 5.74) is 16.3. The molecule has 0 saturated heterocycles. The van der Waals surface area contributed by atoms with Gasteiger partial charge in [0.1, 0.15) is 12.5 Å². The largest absolute Gasteiger partial charge is 0.319 e. The first-order chi connectivity index (χ1) is 7.67. The zero-order valence-corrected chi connectivity index (χ0v) is 9.98. The van der Waals surface area contributed by atoms with E-state index in [0.29, 0.717) is 12.8 Å². The summed E-state index contributed by atoms with van der Waals surface area (Å²) < 4.78 is 21.0. The molecule has 0 aliphatic heterocycles. The Morgan fingerprint density at radius 3 is 1.75 bits per heavy atom. The summed E-state index contributed by atoms with van der Waals surface area (Å²) in [6, 6.07) is 0. The van der Waals surface area contributed by atoms with E-state index in [1.54, 1.807) is 13.8 Å². The molecule has 10 heteroatoms. The molecule has 0 heterocycles. The minimum Gasteiger partial charge on any atom is -0.301 e. The van der Waals surface area contributed by atoms with E-state index in [1.807, 2.05) is 0 Å². The van der Waals surface area contributed by atoms with Gasteiger partial charge >= 0.3 is 8.25 Å². The Morgan fingerprint density at radius 1 is 1.12 bits per heavy atom. The summed E-state index contributed by atoms with van der Waals surface area (Å²) in [4.78, 5) is 5.07. The van der Waals surface area contributed by atoms with Crippen LogP contribution in [0.5, 0.6) is 0 Å². The standard InChI is InChI=1S/C6H13N6O3P/c1-3-5(9-11-7)14-16(13)15-6(4-2)10-12-8/h5-6,16H,3-4H2,1-2H3. The molecular formula is C6H13N6O3P. The molecule has 0 radical (unpaired) electrons. The minimum absolute atomic E-state index is 0.377. The van der Waals surface area contributed by atoms with Crippen molar-refractivity contribution in [3.8, 4) is 0 Å². The topological polar surface area (TPSA) is 133 Å². The van der Waals surface area contributed by atoms with Crippen LogP contribution < -0.4 is 0 Å². The van der Waals surface area contributed by atoms with Crippen molar-refractivity contribution in [3.05, 3.63) is 20.9 Å². The van der Waals surface area contributed by atoms with Gasteiger partial charge in [-0.05, 0) is 23.9 Å². The number of hydrogen-bond acceptors (Lipinski definition) is 5. The number of azide groups is 2. The van der Waals surface area contributed by atoms with Crippen molar-refractivity contribution >= 4 is 8.25 Å². The summed E-state index contributed by atoms with van der Waals surface area (Å²) >= 11 is 0. The Balaban J connectivity index is 4.24.